The van der Waals surface area contributed by atoms with E-state index in [0.717, 1.165) is 43.2 Å². The standard InChI is InChI=1S/C34H49NO7/c1-6-7-8-9-10-17-22-30(31(36)40-26-28-20-15-12-16-21-28)41-32(37)29(39-25-27-18-13-11-14-19-27)23-24-35(5)33(38)42-34(2,3)4/h11-16,18-21,29-30H,6-10,17,22-26H2,1-5H3. The number of ether oxygens (including phenoxy) is 4. The zero-order valence-electron chi connectivity index (χ0n) is 26.0. The third-order valence-corrected chi connectivity index (χ3v) is 6.55. The van der Waals surface area contributed by atoms with E-state index in [2.05, 4.69) is 6.92 Å². The van der Waals surface area contributed by atoms with Crippen LogP contribution < -0.4 is 0 Å². The van der Waals surface area contributed by atoms with Crippen LogP contribution in [0.5, 0.6) is 0 Å². The molecule has 2 aromatic carbocycles. The quantitative estimate of drug-likeness (QED) is 0.104. The molecule has 0 spiro atoms. The summed E-state index contributed by atoms with van der Waals surface area (Å²) in [6.07, 6.45) is 4.21. The van der Waals surface area contributed by atoms with Crippen LogP contribution in [0.3, 0.4) is 0 Å². The molecule has 0 aromatic heterocycles. The summed E-state index contributed by atoms with van der Waals surface area (Å²) in [5.74, 6) is -1.23. The Morgan fingerprint density at radius 2 is 1.31 bits per heavy atom. The molecule has 2 unspecified atom stereocenters. The summed E-state index contributed by atoms with van der Waals surface area (Å²) in [7, 11) is 1.61. The maximum Gasteiger partial charge on any atom is 0.410 e. The molecule has 232 valence electrons. The molecular formula is C34H49NO7. The first kappa shape index (κ1) is 34.8. The number of benzene rings is 2. The van der Waals surface area contributed by atoms with Crippen molar-refractivity contribution in [2.45, 2.75) is 110 Å². The predicted molar refractivity (Wildman–Crippen MR) is 163 cm³/mol. The van der Waals surface area contributed by atoms with Crippen LogP contribution in [0.4, 0.5) is 4.79 Å². The predicted octanol–water partition coefficient (Wildman–Crippen LogP) is 7.23. The minimum Gasteiger partial charge on any atom is -0.458 e. The van der Waals surface area contributed by atoms with Crippen molar-refractivity contribution in [2.75, 3.05) is 13.6 Å². The van der Waals surface area contributed by atoms with Gasteiger partial charge >= 0.3 is 18.0 Å². The second-order valence-electron chi connectivity index (χ2n) is 11.6. The van der Waals surface area contributed by atoms with Crippen LogP contribution in [0, 0.1) is 0 Å². The Bertz CT molecular complexity index is 1050. The summed E-state index contributed by atoms with van der Waals surface area (Å²) in [5, 5.41) is 0. The average Bonchev–Trinajstić information content (AvgIpc) is 2.97. The van der Waals surface area contributed by atoms with E-state index in [1.807, 2.05) is 60.7 Å². The van der Waals surface area contributed by atoms with Crippen LogP contribution in [-0.2, 0) is 41.8 Å². The van der Waals surface area contributed by atoms with Crippen LogP contribution in [0.15, 0.2) is 60.7 Å². The number of hydrogen-bond donors (Lipinski definition) is 0. The van der Waals surface area contributed by atoms with Crippen LogP contribution >= 0.6 is 0 Å². The molecule has 8 nitrogen and oxygen atoms in total. The highest BCUT2D eigenvalue weighted by Gasteiger charge is 2.30. The molecule has 2 atom stereocenters. The third kappa shape index (κ3) is 14.5. The fourth-order valence-electron chi connectivity index (χ4n) is 4.16. The number of rotatable bonds is 18. The van der Waals surface area contributed by atoms with Crippen molar-refractivity contribution in [1.29, 1.82) is 0 Å². The fourth-order valence-corrected chi connectivity index (χ4v) is 4.16. The van der Waals surface area contributed by atoms with Gasteiger partial charge in [-0.1, -0.05) is 99.7 Å². The molecule has 0 fully saturated rings. The Morgan fingerprint density at radius 1 is 0.738 bits per heavy atom. The van der Waals surface area contributed by atoms with Crippen molar-refractivity contribution in [3.05, 3.63) is 71.8 Å². The maximum atomic E-state index is 13.4. The lowest BCUT2D eigenvalue weighted by molar-refractivity contribution is -0.177. The number of amides is 1. The van der Waals surface area contributed by atoms with E-state index in [1.165, 1.54) is 11.3 Å². The number of carbonyl (C=O) groups excluding carboxylic acids is 3. The van der Waals surface area contributed by atoms with Gasteiger partial charge in [-0.05, 0) is 44.7 Å². The molecule has 0 heterocycles. The van der Waals surface area contributed by atoms with Crippen molar-refractivity contribution in [1.82, 2.24) is 4.90 Å². The SMILES string of the molecule is CCCCCCCCC(OC(=O)C(CCN(C)C(=O)OC(C)(C)C)OCc1ccccc1)C(=O)OCc1ccccc1. The number of esters is 2. The van der Waals surface area contributed by atoms with Crippen LogP contribution in [-0.4, -0.2) is 54.3 Å². The fraction of sp³-hybridized carbons (Fsp3) is 0.559. The van der Waals surface area contributed by atoms with Crippen molar-refractivity contribution < 1.29 is 33.3 Å². The summed E-state index contributed by atoms with van der Waals surface area (Å²) < 4.78 is 22.7. The largest absolute Gasteiger partial charge is 0.458 e. The monoisotopic (exact) mass is 583 g/mol. The van der Waals surface area contributed by atoms with E-state index >= 15 is 0 Å². The van der Waals surface area contributed by atoms with Crippen molar-refractivity contribution in [2.24, 2.45) is 0 Å². The molecule has 2 aromatic rings. The molecule has 1 amide bonds. The molecule has 0 aliphatic rings. The van der Waals surface area contributed by atoms with E-state index in [1.54, 1.807) is 27.8 Å². The molecule has 0 bridgehead atoms. The van der Waals surface area contributed by atoms with E-state index < -0.39 is 35.8 Å². The first-order chi connectivity index (χ1) is 20.1. The number of hydrogen-bond acceptors (Lipinski definition) is 7. The first-order valence-corrected chi connectivity index (χ1v) is 15.1. The van der Waals surface area contributed by atoms with Crippen LogP contribution in [0.1, 0.15) is 90.2 Å². The highest BCUT2D eigenvalue weighted by Crippen LogP contribution is 2.17. The number of nitrogens with zero attached hydrogens (tertiary/aromatic N) is 1. The van der Waals surface area contributed by atoms with Crippen LogP contribution in [0.25, 0.3) is 0 Å². The third-order valence-electron chi connectivity index (χ3n) is 6.55. The summed E-state index contributed by atoms with van der Waals surface area (Å²) in [4.78, 5) is 40.4. The molecule has 42 heavy (non-hydrogen) atoms. The van der Waals surface area contributed by atoms with Crippen LogP contribution in [0.2, 0.25) is 0 Å². The zero-order valence-corrected chi connectivity index (χ0v) is 26.0. The first-order valence-electron chi connectivity index (χ1n) is 15.1. The Kier molecular flexibility index (Phi) is 15.7. The summed E-state index contributed by atoms with van der Waals surface area (Å²) in [6, 6.07) is 18.9. The van der Waals surface area contributed by atoms with Gasteiger partial charge in [-0.15, -0.1) is 0 Å². The Hall–Kier alpha value is -3.39. The van der Waals surface area contributed by atoms with Gasteiger partial charge in [0.15, 0.2) is 12.2 Å². The van der Waals surface area contributed by atoms with Gasteiger partial charge in [-0.2, -0.15) is 0 Å². The van der Waals surface area contributed by atoms with Crippen molar-refractivity contribution >= 4 is 18.0 Å². The summed E-state index contributed by atoms with van der Waals surface area (Å²) >= 11 is 0. The lowest BCUT2D eigenvalue weighted by Crippen LogP contribution is -2.39. The Labute approximate surface area is 251 Å². The second kappa shape index (κ2) is 18.9. The molecule has 0 N–H and O–H groups in total. The Balaban J connectivity index is 2.09. The highest BCUT2D eigenvalue weighted by molar-refractivity contribution is 5.81. The van der Waals surface area contributed by atoms with Gasteiger partial charge in [0.2, 0.25) is 0 Å². The average molecular weight is 584 g/mol. The highest BCUT2D eigenvalue weighted by atomic mass is 16.6. The number of carbonyl (C=O) groups is 3. The smallest absolute Gasteiger partial charge is 0.410 e. The zero-order chi connectivity index (χ0) is 30.8. The van der Waals surface area contributed by atoms with Crippen molar-refractivity contribution in [3.8, 4) is 0 Å². The molecule has 8 heteroatoms. The Morgan fingerprint density at radius 3 is 1.90 bits per heavy atom. The van der Waals surface area contributed by atoms with Gasteiger partial charge < -0.3 is 23.8 Å². The van der Waals surface area contributed by atoms with Gasteiger partial charge in [0.25, 0.3) is 0 Å². The maximum absolute atomic E-state index is 13.4. The number of unbranched alkanes of at least 4 members (excludes halogenated alkanes) is 5. The van der Waals surface area contributed by atoms with Gasteiger partial charge in [-0.3, -0.25) is 0 Å². The van der Waals surface area contributed by atoms with Gasteiger partial charge in [0.1, 0.15) is 12.2 Å². The van der Waals surface area contributed by atoms with Gasteiger partial charge in [0, 0.05) is 20.0 Å². The topological polar surface area (TPSA) is 91.4 Å². The van der Waals surface area contributed by atoms with E-state index in [-0.39, 0.29) is 26.2 Å². The molecule has 0 saturated heterocycles. The lowest BCUT2D eigenvalue weighted by Gasteiger charge is -2.26. The molecule has 2 rings (SSSR count). The normalized spacial score (nSPS) is 12.7. The second-order valence-corrected chi connectivity index (χ2v) is 11.6. The van der Waals surface area contributed by atoms with E-state index in [9.17, 15) is 14.4 Å². The van der Waals surface area contributed by atoms with E-state index in [4.69, 9.17) is 18.9 Å². The van der Waals surface area contributed by atoms with Gasteiger partial charge in [0.05, 0.1) is 6.61 Å². The minimum atomic E-state index is -1.04. The van der Waals surface area contributed by atoms with Crippen molar-refractivity contribution in [3.63, 3.8) is 0 Å². The van der Waals surface area contributed by atoms with E-state index in [0.29, 0.717) is 6.42 Å². The van der Waals surface area contributed by atoms with Gasteiger partial charge in [-0.25, -0.2) is 14.4 Å². The molecule has 0 saturated carbocycles. The molecule has 0 aliphatic heterocycles. The summed E-state index contributed by atoms with van der Waals surface area (Å²) in [5.41, 5.74) is 1.10. The molecule has 0 radical (unpaired) electrons. The minimum absolute atomic E-state index is 0.0961. The lowest BCUT2D eigenvalue weighted by atomic mass is 10.1. The molecule has 0 aliphatic carbocycles. The molecular weight excluding hydrogens is 534 g/mol. The summed E-state index contributed by atoms with van der Waals surface area (Å²) in [6.45, 7) is 8.02.